The molecule has 7 nitrogen and oxygen atoms in total. The summed E-state index contributed by atoms with van der Waals surface area (Å²) < 4.78 is 12.6. The first kappa shape index (κ1) is 17.3. The first-order valence-corrected chi connectivity index (χ1v) is 8.19. The van der Waals surface area contributed by atoms with Crippen LogP contribution in [0.4, 0.5) is 0 Å². The van der Waals surface area contributed by atoms with E-state index in [1.807, 2.05) is 25.2 Å². The maximum absolute atomic E-state index is 5.54. The van der Waals surface area contributed by atoms with Crippen LogP contribution in [0.5, 0.6) is 11.5 Å². The number of aromatic nitrogens is 4. The fourth-order valence-corrected chi connectivity index (χ4v) is 2.63. The summed E-state index contributed by atoms with van der Waals surface area (Å²) in [6, 6.07) is 5.91. The van der Waals surface area contributed by atoms with Crippen LogP contribution in [0, 0.1) is 0 Å². The number of thioether (sulfide) groups is 1. The fourth-order valence-electron chi connectivity index (χ4n) is 1.88. The summed E-state index contributed by atoms with van der Waals surface area (Å²) in [5.41, 5.74) is 1.14. The van der Waals surface area contributed by atoms with E-state index in [0.717, 1.165) is 41.1 Å². The van der Waals surface area contributed by atoms with Crippen LogP contribution in [-0.2, 0) is 13.6 Å². The lowest BCUT2D eigenvalue weighted by atomic mass is 10.2. The van der Waals surface area contributed by atoms with Crippen molar-refractivity contribution in [3.8, 4) is 11.5 Å². The maximum Gasteiger partial charge on any atom is 0.209 e. The standard InChI is InChI=1S/C15H21N5O2S/c1-4-8-22-13-6-5-12(10-14(13)21-3)11-16-7-9-23-15-17-18-19-20(15)2/h4-6,10,16H,1,7-9,11H2,2-3H3. The summed E-state index contributed by atoms with van der Waals surface area (Å²) in [4.78, 5) is 0. The Labute approximate surface area is 140 Å². The Bertz CT molecular complexity index is 632. The van der Waals surface area contributed by atoms with E-state index in [-0.39, 0.29) is 0 Å². The summed E-state index contributed by atoms with van der Waals surface area (Å²) in [7, 11) is 3.47. The first-order valence-electron chi connectivity index (χ1n) is 7.21. The minimum atomic E-state index is 0.460. The zero-order chi connectivity index (χ0) is 16.5. The average molecular weight is 335 g/mol. The van der Waals surface area contributed by atoms with Gasteiger partial charge in [0, 0.05) is 25.9 Å². The van der Waals surface area contributed by atoms with Gasteiger partial charge in [-0.2, -0.15) is 0 Å². The largest absolute Gasteiger partial charge is 0.493 e. The molecular formula is C15H21N5O2S. The van der Waals surface area contributed by atoms with Gasteiger partial charge in [0.1, 0.15) is 6.61 Å². The predicted octanol–water partition coefficient (Wildman–Crippen LogP) is 1.67. The van der Waals surface area contributed by atoms with Crippen molar-refractivity contribution in [2.45, 2.75) is 11.7 Å². The smallest absolute Gasteiger partial charge is 0.209 e. The highest BCUT2D eigenvalue weighted by Crippen LogP contribution is 2.28. The number of rotatable bonds is 10. The van der Waals surface area contributed by atoms with Crippen LogP contribution < -0.4 is 14.8 Å². The van der Waals surface area contributed by atoms with Gasteiger partial charge in [0.2, 0.25) is 5.16 Å². The van der Waals surface area contributed by atoms with E-state index in [0.29, 0.717) is 6.61 Å². The predicted molar refractivity (Wildman–Crippen MR) is 89.9 cm³/mol. The molecule has 0 atom stereocenters. The average Bonchev–Trinajstić information content (AvgIpc) is 2.98. The monoisotopic (exact) mass is 335 g/mol. The van der Waals surface area contributed by atoms with E-state index < -0.39 is 0 Å². The molecule has 0 bridgehead atoms. The highest BCUT2D eigenvalue weighted by Gasteiger charge is 2.06. The quantitative estimate of drug-likeness (QED) is 0.402. The Kier molecular flexibility index (Phi) is 6.89. The van der Waals surface area contributed by atoms with Crippen LogP contribution in [0.1, 0.15) is 5.56 Å². The Balaban J connectivity index is 1.76. The Morgan fingerprint density at radius 3 is 2.96 bits per heavy atom. The second-order valence-electron chi connectivity index (χ2n) is 4.70. The maximum atomic E-state index is 5.54. The second kappa shape index (κ2) is 9.16. The van der Waals surface area contributed by atoms with Crippen LogP contribution in [0.25, 0.3) is 0 Å². The van der Waals surface area contributed by atoms with Crippen molar-refractivity contribution in [2.24, 2.45) is 7.05 Å². The summed E-state index contributed by atoms with van der Waals surface area (Å²) in [6.07, 6.45) is 1.71. The van der Waals surface area contributed by atoms with Crippen LogP contribution in [0.2, 0.25) is 0 Å². The van der Waals surface area contributed by atoms with Gasteiger partial charge in [-0.1, -0.05) is 30.5 Å². The zero-order valence-electron chi connectivity index (χ0n) is 13.4. The van der Waals surface area contributed by atoms with Gasteiger partial charge in [0.15, 0.2) is 11.5 Å². The lowest BCUT2D eigenvalue weighted by Gasteiger charge is -2.11. The Morgan fingerprint density at radius 2 is 2.26 bits per heavy atom. The van der Waals surface area contributed by atoms with Crippen LogP contribution in [0.3, 0.4) is 0 Å². The number of nitrogens with one attached hydrogen (secondary N) is 1. The molecule has 1 heterocycles. The molecule has 0 aliphatic carbocycles. The first-order chi connectivity index (χ1) is 11.2. The number of methoxy groups -OCH3 is 1. The minimum Gasteiger partial charge on any atom is -0.493 e. The van der Waals surface area contributed by atoms with Crippen LogP contribution in [-0.4, -0.2) is 46.2 Å². The normalized spacial score (nSPS) is 10.5. The van der Waals surface area contributed by atoms with Crippen molar-refractivity contribution in [1.29, 1.82) is 0 Å². The second-order valence-corrected chi connectivity index (χ2v) is 5.76. The van der Waals surface area contributed by atoms with Crippen molar-refractivity contribution in [3.05, 3.63) is 36.4 Å². The van der Waals surface area contributed by atoms with Crippen LogP contribution >= 0.6 is 11.8 Å². The number of nitrogens with zero attached hydrogens (tertiary/aromatic N) is 4. The molecule has 1 aromatic heterocycles. The van der Waals surface area contributed by atoms with E-state index in [1.54, 1.807) is 29.6 Å². The van der Waals surface area contributed by atoms with E-state index in [1.165, 1.54) is 0 Å². The third kappa shape index (κ3) is 5.26. The van der Waals surface area contributed by atoms with Crippen molar-refractivity contribution in [3.63, 3.8) is 0 Å². The molecule has 0 fully saturated rings. The van der Waals surface area contributed by atoms with Gasteiger partial charge in [-0.15, -0.1) is 5.10 Å². The lowest BCUT2D eigenvalue weighted by Crippen LogP contribution is -2.16. The summed E-state index contributed by atoms with van der Waals surface area (Å²) in [6.45, 7) is 5.71. The van der Waals surface area contributed by atoms with E-state index in [2.05, 4.69) is 27.4 Å². The molecule has 2 aromatic rings. The van der Waals surface area contributed by atoms with Gasteiger partial charge < -0.3 is 14.8 Å². The molecule has 0 saturated carbocycles. The van der Waals surface area contributed by atoms with E-state index >= 15 is 0 Å². The zero-order valence-corrected chi connectivity index (χ0v) is 14.2. The van der Waals surface area contributed by atoms with Crippen molar-refractivity contribution >= 4 is 11.8 Å². The molecule has 0 aliphatic heterocycles. The Hall–Kier alpha value is -2.06. The highest BCUT2D eigenvalue weighted by atomic mass is 32.2. The number of tetrazole rings is 1. The number of benzene rings is 1. The Morgan fingerprint density at radius 1 is 1.39 bits per heavy atom. The molecule has 124 valence electrons. The molecule has 0 radical (unpaired) electrons. The molecule has 2 rings (SSSR count). The molecule has 23 heavy (non-hydrogen) atoms. The van der Waals surface area contributed by atoms with Gasteiger partial charge in [-0.25, -0.2) is 4.68 Å². The highest BCUT2D eigenvalue weighted by molar-refractivity contribution is 7.99. The number of hydrogen-bond acceptors (Lipinski definition) is 7. The third-order valence-corrected chi connectivity index (χ3v) is 4.02. The van der Waals surface area contributed by atoms with Gasteiger partial charge in [-0.3, -0.25) is 0 Å². The summed E-state index contributed by atoms with van der Waals surface area (Å²) >= 11 is 1.62. The SMILES string of the molecule is C=CCOc1ccc(CNCCSc2nnnn2C)cc1OC. The summed E-state index contributed by atoms with van der Waals surface area (Å²) in [5, 5.41) is 15.5. The number of ether oxygens (including phenoxy) is 2. The van der Waals surface area contributed by atoms with Gasteiger partial charge in [0.25, 0.3) is 0 Å². The van der Waals surface area contributed by atoms with Crippen molar-refractivity contribution in [1.82, 2.24) is 25.5 Å². The number of hydrogen-bond donors (Lipinski definition) is 1. The summed E-state index contributed by atoms with van der Waals surface area (Å²) in [5.74, 6) is 2.35. The topological polar surface area (TPSA) is 74.1 Å². The molecule has 0 saturated heterocycles. The van der Waals surface area contributed by atoms with Gasteiger partial charge in [-0.05, 0) is 28.1 Å². The lowest BCUT2D eigenvalue weighted by molar-refractivity contribution is 0.326. The minimum absolute atomic E-state index is 0.460. The molecule has 1 N–H and O–H groups in total. The molecule has 0 spiro atoms. The van der Waals surface area contributed by atoms with E-state index in [9.17, 15) is 0 Å². The number of aryl methyl sites for hydroxylation is 1. The molecule has 1 aromatic carbocycles. The van der Waals surface area contributed by atoms with Gasteiger partial charge >= 0.3 is 0 Å². The van der Waals surface area contributed by atoms with Gasteiger partial charge in [0.05, 0.1) is 7.11 Å². The van der Waals surface area contributed by atoms with E-state index in [4.69, 9.17) is 9.47 Å². The molecule has 0 amide bonds. The molecule has 0 aliphatic rings. The molecule has 8 heteroatoms. The van der Waals surface area contributed by atoms with Crippen molar-refractivity contribution < 1.29 is 9.47 Å². The molecule has 0 unspecified atom stereocenters. The molecular weight excluding hydrogens is 314 g/mol. The van der Waals surface area contributed by atoms with Crippen molar-refractivity contribution in [2.75, 3.05) is 26.0 Å². The fraction of sp³-hybridized carbons (Fsp3) is 0.400. The van der Waals surface area contributed by atoms with Crippen LogP contribution in [0.15, 0.2) is 36.0 Å². The third-order valence-electron chi connectivity index (χ3n) is 3.01.